The quantitative estimate of drug-likeness (QED) is 0.684. The summed E-state index contributed by atoms with van der Waals surface area (Å²) in [4.78, 5) is 13.5. The van der Waals surface area contributed by atoms with Gasteiger partial charge in [-0.15, -0.1) is 0 Å². The molecule has 6 nitrogen and oxygen atoms in total. The van der Waals surface area contributed by atoms with Crippen molar-refractivity contribution >= 4 is 16.8 Å². The maximum absolute atomic E-state index is 11.4. The van der Waals surface area contributed by atoms with Crippen molar-refractivity contribution in [3.63, 3.8) is 0 Å². The number of amides is 1. The van der Waals surface area contributed by atoms with E-state index >= 15 is 0 Å². The molecule has 0 spiro atoms. The van der Waals surface area contributed by atoms with Crippen LogP contribution in [0.4, 0.5) is 0 Å². The Kier molecular flexibility index (Phi) is 5.14. The van der Waals surface area contributed by atoms with Crippen molar-refractivity contribution in [3.05, 3.63) is 59.7 Å². The van der Waals surface area contributed by atoms with E-state index in [9.17, 15) is 9.90 Å². The van der Waals surface area contributed by atoms with E-state index in [-0.39, 0.29) is 5.88 Å². The Balaban J connectivity index is 1.68. The highest BCUT2D eigenvalue weighted by Gasteiger charge is 2.10. The summed E-state index contributed by atoms with van der Waals surface area (Å²) in [5.74, 6) is 0.418. The molecule has 0 unspecified atom stereocenters. The van der Waals surface area contributed by atoms with Gasteiger partial charge < -0.3 is 25.0 Å². The molecule has 1 amide bonds. The first-order chi connectivity index (χ1) is 12.4. The Bertz CT molecular complexity index is 914. The van der Waals surface area contributed by atoms with Gasteiger partial charge in [-0.1, -0.05) is 18.2 Å². The number of fused-ring (bicyclic) bond motifs is 1. The van der Waals surface area contributed by atoms with Crippen LogP contribution in [0.2, 0.25) is 0 Å². The Hall–Kier alpha value is -2.99. The van der Waals surface area contributed by atoms with Gasteiger partial charge in [-0.05, 0) is 43.9 Å². The molecule has 1 aromatic heterocycles. The Morgan fingerprint density at radius 2 is 1.88 bits per heavy atom. The van der Waals surface area contributed by atoms with E-state index in [2.05, 4.69) is 4.90 Å². The number of rotatable bonds is 7. The number of carbonyl (C=O) groups is 1. The zero-order valence-electron chi connectivity index (χ0n) is 15.0. The van der Waals surface area contributed by atoms with E-state index in [0.29, 0.717) is 18.7 Å². The Morgan fingerprint density at radius 3 is 2.54 bits per heavy atom. The van der Waals surface area contributed by atoms with Gasteiger partial charge in [-0.3, -0.25) is 4.79 Å². The number of primary amides is 1. The van der Waals surface area contributed by atoms with Crippen LogP contribution in [0.3, 0.4) is 0 Å². The van der Waals surface area contributed by atoms with Gasteiger partial charge in [0.15, 0.2) is 5.88 Å². The third kappa shape index (κ3) is 3.97. The lowest BCUT2D eigenvalue weighted by atomic mass is 10.1. The van der Waals surface area contributed by atoms with Crippen LogP contribution in [0.5, 0.6) is 11.6 Å². The highest BCUT2D eigenvalue weighted by atomic mass is 16.5. The fourth-order valence-electron chi connectivity index (χ4n) is 2.94. The van der Waals surface area contributed by atoms with E-state index in [1.807, 2.05) is 38.4 Å². The van der Waals surface area contributed by atoms with Crippen LogP contribution < -0.4 is 10.5 Å². The van der Waals surface area contributed by atoms with Crippen LogP contribution in [0.15, 0.2) is 48.5 Å². The van der Waals surface area contributed by atoms with Gasteiger partial charge in [0.2, 0.25) is 5.91 Å². The van der Waals surface area contributed by atoms with Crippen LogP contribution >= 0.6 is 0 Å². The molecular formula is C20H23N3O3. The second kappa shape index (κ2) is 7.49. The molecule has 26 heavy (non-hydrogen) atoms. The first kappa shape index (κ1) is 17.8. The van der Waals surface area contributed by atoms with Crippen molar-refractivity contribution in [1.82, 2.24) is 9.47 Å². The molecule has 0 bridgehead atoms. The largest absolute Gasteiger partial charge is 0.494 e. The molecule has 3 aromatic rings. The number of carbonyl (C=O) groups excluding carboxylic acids is 1. The average Bonchev–Trinajstić information content (AvgIpc) is 2.91. The number of ether oxygens (including phenoxy) is 1. The molecule has 3 rings (SSSR count). The highest BCUT2D eigenvalue weighted by molar-refractivity contribution is 5.97. The number of aromatic nitrogens is 1. The molecule has 2 aromatic carbocycles. The number of hydrogen-bond donors (Lipinski definition) is 2. The van der Waals surface area contributed by atoms with Crippen LogP contribution in [0.25, 0.3) is 10.9 Å². The lowest BCUT2D eigenvalue weighted by Gasteiger charge is -2.12. The predicted molar refractivity (Wildman–Crippen MR) is 101 cm³/mol. The predicted octanol–water partition coefficient (Wildman–Crippen LogP) is 2.59. The molecule has 0 aliphatic heterocycles. The minimum atomic E-state index is -0.492. The van der Waals surface area contributed by atoms with Crippen molar-refractivity contribution in [1.29, 1.82) is 0 Å². The number of benzene rings is 2. The molecule has 1 heterocycles. The van der Waals surface area contributed by atoms with Crippen molar-refractivity contribution < 1.29 is 14.6 Å². The number of nitrogens with two attached hydrogens (primary N) is 1. The molecule has 0 radical (unpaired) electrons. The summed E-state index contributed by atoms with van der Waals surface area (Å²) in [6, 6.07) is 14.7. The summed E-state index contributed by atoms with van der Waals surface area (Å²) in [6.07, 6.45) is 0. The normalized spacial score (nSPS) is 11.2. The topological polar surface area (TPSA) is 80.7 Å². The van der Waals surface area contributed by atoms with Gasteiger partial charge in [0, 0.05) is 23.6 Å². The molecule has 6 heteroatoms. The molecule has 0 fully saturated rings. The van der Waals surface area contributed by atoms with Crippen LogP contribution in [0.1, 0.15) is 15.9 Å². The molecule has 0 saturated carbocycles. The summed E-state index contributed by atoms with van der Waals surface area (Å²) in [5.41, 5.74) is 7.72. The summed E-state index contributed by atoms with van der Waals surface area (Å²) in [5, 5.41) is 11.0. The Labute approximate surface area is 152 Å². The molecule has 3 N–H and O–H groups in total. The zero-order chi connectivity index (χ0) is 18.7. The minimum absolute atomic E-state index is 0.131. The Morgan fingerprint density at radius 1 is 1.15 bits per heavy atom. The summed E-state index contributed by atoms with van der Waals surface area (Å²) in [7, 11) is 4.06. The van der Waals surface area contributed by atoms with Crippen molar-refractivity contribution in [2.45, 2.75) is 13.1 Å². The fourth-order valence-corrected chi connectivity index (χ4v) is 2.94. The van der Waals surface area contributed by atoms with E-state index in [1.54, 1.807) is 28.8 Å². The third-order valence-electron chi connectivity index (χ3n) is 4.17. The van der Waals surface area contributed by atoms with Gasteiger partial charge >= 0.3 is 0 Å². The molecule has 0 atom stereocenters. The second-order valence-corrected chi connectivity index (χ2v) is 6.52. The number of aromatic hydroxyl groups is 1. The molecule has 0 aliphatic carbocycles. The standard InChI is InChI=1S/C20H23N3O3/c1-22(2)13-14-3-7-17(8-4-14)26-10-9-23-18-11-16(20(21)25)6-5-15(18)12-19(23)24/h3-8,11-12,24H,9-10,13H2,1-2H3,(H2,21,25). The fraction of sp³-hybridized carbons (Fsp3) is 0.250. The summed E-state index contributed by atoms with van der Waals surface area (Å²) in [6.45, 7) is 1.73. The number of nitrogens with zero attached hydrogens (tertiary/aromatic N) is 2. The second-order valence-electron chi connectivity index (χ2n) is 6.52. The van der Waals surface area contributed by atoms with Crippen molar-refractivity contribution in [2.24, 2.45) is 5.73 Å². The lowest BCUT2D eigenvalue weighted by Crippen LogP contribution is -2.12. The van der Waals surface area contributed by atoms with Gasteiger partial charge in [0.25, 0.3) is 0 Å². The van der Waals surface area contributed by atoms with Gasteiger partial charge in [-0.25, -0.2) is 0 Å². The van der Waals surface area contributed by atoms with E-state index in [1.165, 1.54) is 5.56 Å². The lowest BCUT2D eigenvalue weighted by molar-refractivity contribution is 0.100. The van der Waals surface area contributed by atoms with Gasteiger partial charge in [0.1, 0.15) is 12.4 Å². The monoisotopic (exact) mass is 353 g/mol. The molecule has 136 valence electrons. The van der Waals surface area contributed by atoms with Crippen LogP contribution in [-0.4, -0.2) is 41.2 Å². The summed E-state index contributed by atoms with van der Waals surface area (Å²) < 4.78 is 7.49. The maximum atomic E-state index is 11.4. The smallest absolute Gasteiger partial charge is 0.248 e. The zero-order valence-corrected chi connectivity index (χ0v) is 15.0. The van der Waals surface area contributed by atoms with Crippen molar-refractivity contribution in [2.75, 3.05) is 20.7 Å². The van der Waals surface area contributed by atoms with Gasteiger partial charge in [0.05, 0.1) is 12.1 Å². The van der Waals surface area contributed by atoms with E-state index < -0.39 is 5.91 Å². The van der Waals surface area contributed by atoms with Crippen molar-refractivity contribution in [3.8, 4) is 11.6 Å². The molecular weight excluding hydrogens is 330 g/mol. The molecule has 0 aliphatic rings. The highest BCUT2D eigenvalue weighted by Crippen LogP contribution is 2.25. The van der Waals surface area contributed by atoms with Gasteiger partial charge in [-0.2, -0.15) is 0 Å². The number of hydrogen-bond acceptors (Lipinski definition) is 4. The SMILES string of the molecule is CN(C)Cc1ccc(OCCn2c(O)cc3ccc(C(N)=O)cc32)cc1. The maximum Gasteiger partial charge on any atom is 0.248 e. The van der Waals surface area contributed by atoms with Crippen LogP contribution in [-0.2, 0) is 13.1 Å². The van der Waals surface area contributed by atoms with E-state index in [4.69, 9.17) is 10.5 Å². The first-order valence-electron chi connectivity index (χ1n) is 8.42. The third-order valence-corrected chi connectivity index (χ3v) is 4.17. The van der Waals surface area contributed by atoms with Crippen LogP contribution in [0, 0.1) is 0 Å². The average molecular weight is 353 g/mol. The first-order valence-corrected chi connectivity index (χ1v) is 8.42. The molecule has 0 saturated heterocycles. The summed E-state index contributed by atoms with van der Waals surface area (Å²) >= 11 is 0. The minimum Gasteiger partial charge on any atom is -0.494 e. The van der Waals surface area contributed by atoms with E-state index in [0.717, 1.165) is 23.2 Å².